The summed E-state index contributed by atoms with van der Waals surface area (Å²) in [6, 6.07) is -1.47. The van der Waals surface area contributed by atoms with Gasteiger partial charge in [-0.05, 0) is 51.9 Å². The highest BCUT2D eigenvalue weighted by atomic mass is 16.5. The fourth-order valence-corrected chi connectivity index (χ4v) is 6.87. The number of fused-ring (bicyclic) bond motifs is 1. The zero-order valence-electron chi connectivity index (χ0n) is 21.0. The minimum absolute atomic E-state index is 0.00359. The van der Waals surface area contributed by atoms with Crippen molar-refractivity contribution in [3.63, 3.8) is 0 Å². The molecule has 0 radical (unpaired) electrons. The van der Waals surface area contributed by atoms with E-state index in [1.807, 2.05) is 27.7 Å². The van der Waals surface area contributed by atoms with Crippen LogP contribution in [0.3, 0.4) is 0 Å². The van der Waals surface area contributed by atoms with Gasteiger partial charge in [0.25, 0.3) is 0 Å². The number of carbonyl (C=O) groups excluding carboxylic acids is 3. The molecule has 3 unspecified atom stereocenters. The molecule has 32 heavy (non-hydrogen) atoms. The Morgan fingerprint density at radius 1 is 1.25 bits per heavy atom. The minimum Gasteiger partial charge on any atom is -0.394 e. The lowest BCUT2D eigenvalue weighted by Crippen LogP contribution is -2.61. The summed E-state index contributed by atoms with van der Waals surface area (Å²) >= 11 is 0. The molecular weight excluding hydrogens is 410 g/mol. The summed E-state index contributed by atoms with van der Waals surface area (Å²) in [6.07, 6.45) is 1.26. The number of nitrogens with zero attached hydrogens (tertiary/aromatic N) is 1. The fraction of sp³-hybridized carbons (Fsp3) is 0.875. The lowest BCUT2D eigenvalue weighted by atomic mass is 9.62. The number of ether oxygens (including phenoxy) is 1. The first-order valence-corrected chi connectivity index (χ1v) is 11.7. The maximum atomic E-state index is 13.8. The van der Waals surface area contributed by atoms with Crippen molar-refractivity contribution in [1.82, 2.24) is 15.5 Å². The maximum absolute atomic E-state index is 13.8. The van der Waals surface area contributed by atoms with Crippen molar-refractivity contribution in [2.75, 3.05) is 13.7 Å². The first-order chi connectivity index (χ1) is 14.5. The molecule has 3 heterocycles. The second-order valence-corrected chi connectivity index (χ2v) is 12.2. The summed E-state index contributed by atoms with van der Waals surface area (Å²) < 4.78 is 6.60. The molecule has 1 spiro atoms. The van der Waals surface area contributed by atoms with Crippen molar-refractivity contribution in [3.05, 3.63) is 0 Å². The Balaban J connectivity index is 2.07. The van der Waals surface area contributed by atoms with Crippen LogP contribution in [0.25, 0.3) is 0 Å². The van der Waals surface area contributed by atoms with Gasteiger partial charge in [-0.15, -0.1) is 0 Å². The standard InChI is InChI=1S/C24H41N3O5/c1-13-10-24-16(15(18(29)25-9)23(13,8)32-24)20(31)27(14(2)11-28)17(24)19(30)26-22(6,7)12-21(3,4)5/h13-17,28H,10-12H2,1-9H3,(H,25,29)(H,26,30)/t13?,14-,15-,16+,17?,23+,24?/m1/s1. The van der Waals surface area contributed by atoms with Crippen LogP contribution in [0, 0.1) is 23.2 Å². The van der Waals surface area contributed by atoms with Gasteiger partial charge < -0.3 is 25.4 Å². The number of nitrogens with one attached hydrogen (secondary N) is 2. The summed E-state index contributed by atoms with van der Waals surface area (Å²) in [4.78, 5) is 42.0. The normalized spacial score (nSPS) is 37.4. The molecule has 7 atom stereocenters. The van der Waals surface area contributed by atoms with Crippen LogP contribution in [0.5, 0.6) is 0 Å². The van der Waals surface area contributed by atoms with Crippen molar-refractivity contribution >= 4 is 17.7 Å². The zero-order valence-corrected chi connectivity index (χ0v) is 21.0. The number of hydrogen-bond donors (Lipinski definition) is 3. The van der Waals surface area contributed by atoms with Crippen molar-refractivity contribution in [1.29, 1.82) is 0 Å². The number of aliphatic hydroxyl groups is 1. The van der Waals surface area contributed by atoms with Crippen molar-refractivity contribution in [2.24, 2.45) is 23.2 Å². The van der Waals surface area contributed by atoms with Crippen LogP contribution in [0.2, 0.25) is 0 Å². The number of aliphatic hydroxyl groups excluding tert-OH is 1. The molecule has 3 rings (SSSR count). The van der Waals surface area contributed by atoms with Gasteiger partial charge in [-0.25, -0.2) is 0 Å². The molecule has 2 bridgehead atoms. The summed E-state index contributed by atoms with van der Waals surface area (Å²) in [5.74, 6) is -2.26. The number of rotatable bonds is 6. The Labute approximate surface area is 191 Å². The smallest absolute Gasteiger partial charge is 0.246 e. The molecule has 3 N–H and O–H groups in total. The molecule has 0 aromatic heterocycles. The molecule has 0 saturated carbocycles. The third-order valence-corrected chi connectivity index (χ3v) is 7.70. The van der Waals surface area contributed by atoms with Crippen LogP contribution in [-0.2, 0) is 19.1 Å². The van der Waals surface area contributed by atoms with Crippen molar-refractivity contribution < 1.29 is 24.2 Å². The van der Waals surface area contributed by atoms with Gasteiger partial charge in [0.2, 0.25) is 17.7 Å². The third kappa shape index (κ3) is 3.63. The van der Waals surface area contributed by atoms with E-state index in [0.29, 0.717) is 6.42 Å². The zero-order chi connectivity index (χ0) is 24.4. The quantitative estimate of drug-likeness (QED) is 0.567. The van der Waals surface area contributed by atoms with Gasteiger partial charge in [0.15, 0.2) is 0 Å². The predicted octanol–water partition coefficient (Wildman–Crippen LogP) is 1.45. The highest BCUT2D eigenvalue weighted by Gasteiger charge is 2.80. The van der Waals surface area contributed by atoms with Crippen molar-refractivity contribution in [2.45, 2.75) is 97.1 Å². The first kappa shape index (κ1) is 25.0. The SMILES string of the molecule is CNC(=O)[C@H]1[C@H]2C(=O)N([C@H](C)CO)C(C(=O)NC(C)(C)CC(C)(C)C)C23CC(C)[C@]1(C)O3. The molecule has 8 heteroatoms. The predicted molar refractivity (Wildman–Crippen MR) is 121 cm³/mol. The molecule has 3 fully saturated rings. The fourth-order valence-electron chi connectivity index (χ4n) is 6.87. The topological polar surface area (TPSA) is 108 Å². The van der Waals surface area contributed by atoms with Crippen LogP contribution in [0.15, 0.2) is 0 Å². The molecule has 0 aromatic rings. The first-order valence-electron chi connectivity index (χ1n) is 11.7. The van der Waals surface area contributed by atoms with E-state index in [9.17, 15) is 19.5 Å². The second-order valence-electron chi connectivity index (χ2n) is 12.2. The monoisotopic (exact) mass is 451 g/mol. The summed E-state index contributed by atoms with van der Waals surface area (Å²) in [7, 11) is 1.56. The second kappa shape index (κ2) is 7.69. The largest absolute Gasteiger partial charge is 0.394 e. The van der Waals surface area contributed by atoms with E-state index in [1.165, 1.54) is 4.90 Å². The van der Waals surface area contributed by atoms with E-state index in [4.69, 9.17) is 4.74 Å². The molecule has 3 aliphatic heterocycles. The lowest BCUT2D eigenvalue weighted by molar-refractivity contribution is -0.151. The Morgan fingerprint density at radius 2 is 1.84 bits per heavy atom. The summed E-state index contributed by atoms with van der Waals surface area (Å²) in [6.45, 7) is 15.7. The van der Waals surface area contributed by atoms with Gasteiger partial charge in [0.05, 0.1) is 30.1 Å². The average Bonchev–Trinajstić information content (AvgIpc) is 3.15. The number of amides is 3. The highest BCUT2D eigenvalue weighted by Crippen LogP contribution is 2.65. The van der Waals surface area contributed by atoms with Gasteiger partial charge >= 0.3 is 0 Å². The number of hydrogen-bond acceptors (Lipinski definition) is 5. The molecule has 8 nitrogen and oxygen atoms in total. The van der Waals surface area contributed by atoms with Crippen molar-refractivity contribution in [3.8, 4) is 0 Å². The number of likely N-dealkylation sites (tertiary alicyclic amines) is 1. The van der Waals surface area contributed by atoms with Gasteiger partial charge in [-0.1, -0.05) is 27.7 Å². The van der Waals surface area contributed by atoms with Crippen LogP contribution in [0.4, 0.5) is 0 Å². The van der Waals surface area contributed by atoms with Gasteiger partial charge in [0, 0.05) is 12.6 Å². The Bertz CT molecular complexity index is 806. The van der Waals surface area contributed by atoms with Gasteiger partial charge in [0.1, 0.15) is 11.6 Å². The lowest BCUT2D eigenvalue weighted by Gasteiger charge is -2.39. The molecular formula is C24H41N3O5. The third-order valence-electron chi connectivity index (χ3n) is 7.70. The van der Waals surface area contributed by atoms with E-state index in [0.717, 1.165) is 6.42 Å². The Hall–Kier alpha value is -1.67. The van der Waals surface area contributed by atoms with Gasteiger partial charge in [-0.2, -0.15) is 0 Å². The van der Waals surface area contributed by atoms with Crippen LogP contribution >= 0.6 is 0 Å². The molecule has 182 valence electrons. The molecule has 0 aromatic carbocycles. The average molecular weight is 452 g/mol. The highest BCUT2D eigenvalue weighted by molar-refractivity contribution is 5.99. The Morgan fingerprint density at radius 3 is 2.34 bits per heavy atom. The van der Waals surface area contributed by atoms with Crippen LogP contribution in [-0.4, -0.2) is 70.2 Å². The molecule has 0 aliphatic carbocycles. The maximum Gasteiger partial charge on any atom is 0.246 e. The van der Waals surface area contributed by atoms with E-state index >= 15 is 0 Å². The Kier molecular flexibility index (Phi) is 6.00. The van der Waals surface area contributed by atoms with E-state index in [1.54, 1.807) is 14.0 Å². The minimum atomic E-state index is -1.09. The van der Waals surface area contributed by atoms with Crippen LogP contribution < -0.4 is 10.6 Å². The molecule has 3 saturated heterocycles. The van der Waals surface area contributed by atoms with E-state index in [-0.39, 0.29) is 35.7 Å². The summed E-state index contributed by atoms with van der Waals surface area (Å²) in [5.41, 5.74) is -2.43. The van der Waals surface area contributed by atoms with E-state index < -0.39 is 40.7 Å². The number of carbonyl (C=O) groups is 3. The molecule has 3 aliphatic rings. The van der Waals surface area contributed by atoms with E-state index in [2.05, 4.69) is 31.4 Å². The molecule has 3 amide bonds. The summed E-state index contributed by atoms with van der Waals surface area (Å²) in [5, 5.41) is 15.8. The van der Waals surface area contributed by atoms with Crippen LogP contribution in [0.1, 0.15) is 68.2 Å². The van der Waals surface area contributed by atoms with Gasteiger partial charge in [-0.3, -0.25) is 14.4 Å².